The lowest BCUT2D eigenvalue weighted by Gasteiger charge is -2.36. The Morgan fingerprint density at radius 2 is 2.07 bits per heavy atom. The summed E-state index contributed by atoms with van der Waals surface area (Å²) in [5, 5.41) is 6.19. The van der Waals surface area contributed by atoms with Crippen LogP contribution in [-0.2, 0) is 16.1 Å². The minimum Gasteiger partial charge on any atom is -0.376 e. The second kappa shape index (κ2) is 7.71. The van der Waals surface area contributed by atoms with Gasteiger partial charge in [0.2, 0.25) is 11.9 Å². The average molecular weight is 385 g/mol. The molecule has 1 aliphatic heterocycles. The van der Waals surface area contributed by atoms with Crippen LogP contribution in [0.3, 0.4) is 0 Å². The van der Waals surface area contributed by atoms with Crippen molar-refractivity contribution in [1.29, 1.82) is 0 Å². The number of likely N-dealkylation sites (N-methyl/N-ethyl adjacent to an activating group) is 1. The molecular weight excluding hydrogens is 361 g/mol. The van der Waals surface area contributed by atoms with Crippen LogP contribution in [0.15, 0.2) is 30.5 Å². The van der Waals surface area contributed by atoms with Gasteiger partial charge in [-0.2, -0.15) is 4.98 Å². The predicted molar refractivity (Wildman–Crippen MR) is 105 cm³/mol. The van der Waals surface area contributed by atoms with Gasteiger partial charge in [-0.1, -0.05) is 12.1 Å². The smallest absolute Gasteiger partial charge is 0.246 e. The summed E-state index contributed by atoms with van der Waals surface area (Å²) in [6.07, 6.45) is 3.63. The van der Waals surface area contributed by atoms with E-state index in [4.69, 9.17) is 4.74 Å². The van der Waals surface area contributed by atoms with Gasteiger partial charge in [0.1, 0.15) is 17.5 Å². The van der Waals surface area contributed by atoms with E-state index in [-0.39, 0.29) is 17.8 Å². The monoisotopic (exact) mass is 385 g/mol. The second-order valence-electron chi connectivity index (χ2n) is 7.53. The summed E-state index contributed by atoms with van der Waals surface area (Å²) in [6.45, 7) is 3.03. The van der Waals surface area contributed by atoms with Gasteiger partial charge in [0.25, 0.3) is 0 Å². The van der Waals surface area contributed by atoms with Crippen molar-refractivity contribution in [3.8, 4) is 0 Å². The van der Waals surface area contributed by atoms with Crippen LogP contribution in [0.5, 0.6) is 0 Å². The van der Waals surface area contributed by atoms with E-state index in [0.29, 0.717) is 36.8 Å². The lowest BCUT2D eigenvalue weighted by atomic mass is 9.81. The standard InChI is InChI=1S/C20H24FN5O2/c1-12-19(27)24-17-9-22-20(25-18(17)26(12)2)23-16-7-14(8-16)11-28-10-13-3-5-15(21)6-4-13/h3-6,9,12,14,16H,7-8,10-11H2,1-2H3,(H,24,27)(H,22,23,25)/t12-,14-,16+/m0/s1. The molecule has 2 aliphatic rings. The molecule has 4 rings (SSSR count). The molecule has 7 nitrogen and oxygen atoms in total. The Labute approximate surface area is 163 Å². The molecular formula is C20H24FN5O2. The molecule has 8 heteroatoms. The number of anilines is 3. The molecule has 0 unspecified atom stereocenters. The third-order valence-corrected chi connectivity index (χ3v) is 5.43. The maximum atomic E-state index is 12.9. The van der Waals surface area contributed by atoms with Crippen molar-refractivity contribution in [2.24, 2.45) is 5.92 Å². The molecule has 2 aromatic rings. The third kappa shape index (κ3) is 3.91. The van der Waals surface area contributed by atoms with E-state index >= 15 is 0 Å². The quantitative estimate of drug-likeness (QED) is 0.796. The largest absolute Gasteiger partial charge is 0.376 e. The molecule has 2 N–H and O–H groups in total. The van der Waals surface area contributed by atoms with Crippen molar-refractivity contribution in [1.82, 2.24) is 9.97 Å². The Bertz CT molecular complexity index is 854. The van der Waals surface area contributed by atoms with Crippen LogP contribution < -0.4 is 15.5 Å². The minimum absolute atomic E-state index is 0.0539. The molecule has 0 saturated heterocycles. The molecule has 28 heavy (non-hydrogen) atoms. The van der Waals surface area contributed by atoms with E-state index in [2.05, 4.69) is 20.6 Å². The fourth-order valence-corrected chi connectivity index (χ4v) is 3.49. The summed E-state index contributed by atoms with van der Waals surface area (Å²) >= 11 is 0. The van der Waals surface area contributed by atoms with Gasteiger partial charge in [-0.05, 0) is 43.4 Å². The fraction of sp³-hybridized carbons (Fsp3) is 0.450. The molecule has 1 amide bonds. The van der Waals surface area contributed by atoms with Crippen molar-refractivity contribution >= 4 is 23.4 Å². The first kappa shape index (κ1) is 18.6. The van der Waals surface area contributed by atoms with Crippen molar-refractivity contribution in [3.05, 3.63) is 41.8 Å². The first-order valence-electron chi connectivity index (χ1n) is 9.49. The number of nitrogens with zero attached hydrogens (tertiary/aromatic N) is 3. The van der Waals surface area contributed by atoms with Crippen LogP contribution in [0, 0.1) is 11.7 Å². The van der Waals surface area contributed by atoms with Crippen molar-refractivity contribution in [2.75, 3.05) is 29.2 Å². The molecule has 1 saturated carbocycles. The first-order chi connectivity index (χ1) is 13.5. The maximum absolute atomic E-state index is 12.9. The molecule has 1 aliphatic carbocycles. The van der Waals surface area contributed by atoms with Gasteiger partial charge in [0.15, 0.2) is 5.82 Å². The SMILES string of the molecule is C[C@H]1C(=O)Nc2cnc(N[C@H]3C[C@@H](COCc4ccc(F)cc4)C3)nc2N1C. The number of rotatable bonds is 6. The summed E-state index contributed by atoms with van der Waals surface area (Å²) in [7, 11) is 1.86. The predicted octanol–water partition coefficient (Wildman–Crippen LogP) is 2.80. The van der Waals surface area contributed by atoms with Gasteiger partial charge in [-0.3, -0.25) is 4.79 Å². The zero-order valence-electron chi connectivity index (χ0n) is 16.0. The van der Waals surface area contributed by atoms with Crippen LogP contribution in [0.4, 0.5) is 21.8 Å². The summed E-state index contributed by atoms with van der Waals surface area (Å²) in [6, 6.07) is 6.44. The highest BCUT2D eigenvalue weighted by atomic mass is 19.1. The number of nitrogens with one attached hydrogen (secondary N) is 2. The van der Waals surface area contributed by atoms with Gasteiger partial charge in [-0.25, -0.2) is 9.37 Å². The zero-order chi connectivity index (χ0) is 19.7. The molecule has 1 aromatic heterocycles. The topological polar surface area (TPSA) is 79.4 Å². The molecule has 148 valence electrons. The van der Waals surface area contributed by atoms with E-state index in [1.807, 2.05) is 18.9 Å². The second-order valence-corrected chi connectivity index (χ2v) is 7.53. The lowest BCUT2D eigenvalue weighted by molar-refractivity contribution is -0.117. The summed E-state index contributed by atoms with van der Waals surface area (Å²) in [4.78, 5) is 22.6. The zero-order valence-corrected chi connectivity index (χ0v) is 16.0. The molecule has 1 fully saturated rings. The maximum Gasteiger partial charge on any atom is 0.246 e. The number of benzene rings is 1. The summed E-state index contributed by atoms with van der Waals surface area (Å²) < 4.78 is 18.6. The van der Waals surface area contributed by atoms with Crippen molar-refractivity contribution in [2.45, 2.75) is 38.5 Å². The molecule has 1 aromatic carbocycles. The highest BCUT2D eigenvalue weighted by Crippen LogP contribution is 2.32. The number of aromatic nitrogens is 2. The highest BCUT2D eigenvalue weighted by molar-refractivity contribution is 6.02. The molecule has 1 atom stereocenters. The van der Waals surface area contributed by atoms with Gasteiger partial charge in [0, 0.05) is 19.7 Å². The number of halogens is 1. The van der Waals surface area contributed by atoms with E-state index in [0.717, 1.165) is 24.2 Å². The number of hydrogen-bond donors (Lipinski definition) is 2. The normalized spacial score (nSPS) is 23.6. The van der Waals surface area contributed by atoms with Crippen molar-refractivity contribution < 1.29 is 13.9 Å². The lowest BCUT2D eigenvalue weighted by Crippen LogP contribution is -2.44. The molecule has 2 heterocycles. The number of hydrogen-bond acceptors (Lipinski definition) is 6. The van der Waals surface area contributed by atoms with Crippen LogP contribution in [0.1, 0.15) is 25.3 Å². The molecule has 0 bridgehead atoms. The Morgan fingerprint density at radius 3 is 2.82 bits per heavy atom. The Morgan fingerprint density at radius 1 is 1.32 bits per heavy atom. The van der Waals surface area contributed by atoms with Crippen LogP contribution in [0.25, 0.3) is 0 Å². The van der Waals surface area contributed by atoms with E-state index in [1.165, 1.54) is 12.1 Å². The molecule has 0 spiro atoms. The average Bonchev–Trinajstić information content (AvgIpc) is 2.66. The Kier molecular flexibility index (Phi) is 5.13. The van der Waals surface area contributed by atoms with Crippen LogP contribution in [-0.4, -0.2) is 41.6 Å². The Hall–Kier alpha value is -2.74. The summed E-state index contributed by atoms with van der Waals surface area (Å²) in [5.74, 6) is 1.51. The van der Waals surface area contributed by atoms with Gasteiger partial charge < -0.3 is 20.3 Å². The van der Waals surface area contributed by atoms with Crippen molar-refractivity contribution in [3.63, 3.8) is 0 Å². The van der Waals surface area contributed by atoms with E-state index < -0.39 is 0 Å². The van der Waals surface area contributed by atoms with Crippen LogP contribution in [0.2, 0.25) is 0 Å². The number of carbonyl (C=O) groups is 1. The summed E-state index contributed by atoms with van der Waals surface area (Å²) in [5.41, 5.74) is 1.61. The number of ether oxygens (including phenoxy) is 1. The number of carbonyl (C=O) groups excluding carboxylic acids is 1. The van der Waals surface area contributed by atoms with E-state index in [9.17, 15) is 9.18 Å². The highest BCUT2D eigenvalue weighted by Gasteiger charge is 2.31. The van der Waals surface area contributed by atoms with Gasteiger partial charge in [-0.15, -0.1) is 0 Å². The number of amides is 1. The third-order valence-electron chi connectivity index (χ3n) is 5.43. The van der Waals surface area contributed by atoms with Gasteiger partial charge in [0.05, 0.1) is 12.8 Å². The van der Waals surface area contributed by atoms with E-state index in [1.54, 1.807) is 18.3 Å². The molecule has 0 radical (unpaired) electrons. The number of fused-ring (bicyclic) bond motifs is 1. The minimum atomic E-state index is -0.262. The fourth-order valence-electron chi connectivity index (χ4n) is 3.49. The Balaban J connectivity index is 1.24. The first-order valence-corrected chi connectivity index (χ1v) is 9.49. The van der Waals surface area contributed by atoms with Gasteiger partial charge >= 0.3 is 0 Å². The van der Waals surface area contributed by atoms with Crippen LogP contribution >= 0.6 is 0 Å².